The van der Waals surface area contributed by atoms with E-state index in [1.165, 1.54) is 25.7 Å². The summed E-state index contributed by atoms with van der Waals surface area (Å²) in [6, 6.07) is 23.2. The second-order valence-electron chi connectivity index (χ2n) is 9.14. The maximum atomic E-state index is 13.0. The largest absolute Gasteiger partial charge is 0.348 e. The molecule has 0 radical (unpaired) electrons. The summed E-state index contributed by atoms with van der Waals surface area (Å²) < 4.78 is 15.7. The van der Waals surface area contributed by atoms with Crippen molar-refractivity contribution in [1.82, 2.24) is 14.9 Å². The molecule has 6 nitrogen and oxygen atoms in total. The van der Waals surface area contributed by atoms with Crippen LogP contribution in [0.25, 0.3) is 37.0 Å². The number of ether oxygens (including phenoxy) is 2. The smallest absolute Gasteiger partial charge is 0.270 e. The van der Waals surface area contributed by atoms with Crippen molar-refractivity contribution in [2.75, 3.05) is 13.2 Å². The van der Waals surface area contributed by atoms with Crippen LogP contribution in [0, 0.1) is 0 Å². The van der Waals surface area contributed by atoms with E-state index in [0.717, 1.165) is 11.3 Å². The lowest BCUT2D eigenvalue weighted by Crippen LogP contribution is -2.35. The number of nitrogens with one attached hydrogen (secondary N) is 1. The summed E-state index contributed by atoms with van der Waals surface area (Å²) >= 11 is 1.81. The van der Waals surface area contributed by atoms with Gasteiger partial charge < -0.3 is 14.8 Å². The Balaban J connectivity index is 1.30. The van der Waals surface area contributed by atoms with Crippen LogP contribution in [0.5, 0.6) is 0 Å². The van der Waals surface area contributed by atoms with Gasteiger partial charge in [0.2, 0.25) is 0 Å². The molecule has 2 aromatic heterocycles. The van der Waals surface area contributed by atoms with E-state index in [1.807, 2.05) is 41.9 Å². The van der Waals surface area contributed by atoms with Gasteiger partial charge in [0.25, 0.3) is 5.91 Å². The first-order valence-corrected chi connectivity index (χ1v) is 12.4. The number of carbonyl (C=O) groups excluding carboxylic acids is 1. The Morgan fingerprint density at radius 2 is 1.94 bits per heavy atom. The molecule has 0 aliphatic carbocycles. The molecular formula is C28H25N3O3S. The predicted octanol–water partition coefficient (Wildman–Crippen LogP) is 5.79. The van der Waals surface area contributed by atoms with Crippen LogP contribution in [-0.2, 0) is 9.47 Å². The summed E-state index contributed by atoms with van der Waals surface area (Å²) in [6.07, 6.45) is 3.09. The highest BCUT2D eigenvalue weighted by Crippen LogP contribution is 2.40. The van der Waals surface area contributed by atoms with Crippen molar-refractivity contribution in [3.05, 3.63) is 84.9 Å². The molecule has 176 valence electrons. The SMILES string of the molecule is CC1(C)OC[C@H](CNC(=O)c2cncn2-c2cccc(-c3cccc4c3sc3ccccc34)c2)O1. The Kier molecular flexibility index (Phi) is 5.40. The number of rotatable bonds is 5. The first kappa shape index (κ1) is 22.0. The Hall–Kier alpha value is -3.52. The lowest BCUT2D eigenvalue weighted by molar-refractivity contribution is -0.137. The molecule has 0 bridgehead atoms. The topological polar surface area (TPSA) is 65.4 Å². The number of benzene rings is 3. The van der Waals surface area contributed by atoms with Crippen LogP contribution < -0.4 is 5.32 Å². The van der Waals surface area contributed by atoms with Gasteiger partial charge in [0.05, 0.1) is 19.1 Å². The van der Waals surface area contributed by atoms with Crippen LogP contribution in [0.4, 0.5) is 0 Å². The normalized spacial score (nSPS) is 17.3. The maximum Gasteiger partial charge on any atom is 0.270 e. The first-order valence-electron chi connectivity index (χ1n) is 11.6. The minimum Gasteiger partial charge on any atom is -0.348 e. The average molecular weight is 484 g/mol. The molecule has 1 N–H and O–H groups in total. The number of hydrogen-bond donors (Lipinski definition) is 1. The third-order valence-corrected chi connectivity index (χ3v) is 7.49. The summed E-state index contributed by atoms with van der Waals surface area (Å²) in [5, 5.41) is 5.50. The molecule has 3 heterocycles. The summed E-state index contributed by atoms with van der Waals surface area (Å²) in [4.78, 5) is 17.2. The number of carbonyl (C=O) groups is 1. The van der Waals surface area contributed by atoms with Crippen LogP contribution in [0.2, 0.25) is 0 Å². The van der Waals surface area contributed by atoms with E-state index in [4.69, 9.17) is 9.47 Å². The molecule has 0 saturated carbocycles. The van der Waals surface area contributed by atoms with Gasteiger partial charge in [-0.3, -0.25) is 9.36 Å². The number of amides is 1. The van der Waals surface area contributed by atoms with E-state index in [2.05, 4.69) is 64.9 Å². The molecule has 1 aliphatic heterocycles. The van der Waals surface area contributed by atoms with Gasteiger partial charge in [-0.2, -0.15) is 0 Å². The van der Waals surface area contributed by atoms with Crippen LogP contribution in [-0.4, -0.2) is 40.5 Å². The number of aromatic nitrogens is 2. The van der Waals surface area contributed by atoms with E-state index in [9.17, 15) is 4.79 Å². The van der Waals surface area contributed by atoms with Crippen molar-refractivity contribution in [3.63, 3.8) is 0 Å². The minimum atomic E-state index is -0.616. The number of fused-ring (bicyclic) bond motifs is 3. The molecule has 1 atom stereocenters. The fourth-order valence-corrected chi connectivity index (χ4v) is 5.87. The van der Waals surface area contributed by atoms with Gasteiger partial charge in [0.1, 0.15) is 11.8 Å². The van der Waals surface area contributed by atoms with Crippen molar-refractivity contribution >= 4 is 37.4 Å². The second kappa shape index (κ2) is 8.61. The lowest BCUT2D eigenvalue weighted by Gasteiger charge is -2.17. The zero-order valence-electron chi connectivity index (χ0n) is 19.5. The molecule has 0 spiro atoms. The fourth-order valence-electron chi connectivity index (χ4n) is 4.63. The van der Waals surface area contributed by atoms with Crippen LogP contribution >= 0.6 is 11.3 Å². The zero-order chi connectivity index (χ0) is 24.0. The third kappa shape index (κ3) is 4.12. The summed E-state index contributed by atoms with van der Waals surface area (Å²) in [7, 11) is 0. The Labute approximate surface area is 207 Å². The lowest BCUT2D eigenvalue weighted by atomic mass is 10.0. The van der Waals surface area contributed by atoms with Crippen molar-refractivity contribution in [3.8, 4) is 16.8 Å². The fraction of sp³-hybridized carbons (Fsp3) is 0.214. The molecule has 35 heavy (non-hydrogen) atoms. The molecule has 1 aliphatic rings. The van der Waals surface area contributed by atoms with Gasteiger partial charge in [-0.05, 0) is 43.2 Å². The maximum absolute atomic E-state index is 13.0. The highest BCUT2D eigenvalue weighted by atomic mass is 32.1. The van der Waals surface area contributed by atoms with E-state index in [0.29, 0.717) is 18.8 Å². The van der Waals surface area contributed by atoms with Crippen LogP contribution in [0.15, 0.2) is 79.3 Å². The molecule has 0 unspecified atom stereocenters. The van der Waals surface area contributed by atoms with Gasteiger partial charge in [-0.25, -0.2) is 4.98 Å². The monoisotopic (exact) mass is 483 g/mol. The van der Waals surface area contributed by atoms with E-state index >= 15 is 0 Å². The van der Waals surface area contributed by atoms with Crippen LogP contribution in [0.1, 0.15) is 24.3 Å². The minimum absolute atomic E-state index is 0.171. The van der Waals surface area contributed by atoms with Gasteiger partial charge in [-0.1, -0.05) is 48.5 Å². The number of hydrogen-bond acceptors (Lipinski definition) is 5. The molecule has 6 rings (SSSR count). The highest BCUT2D eigenvalue weighted by molar-refractivity contribution is 7.26. The summed E-state index contributed by atoms with van der Waals surface area (Å²) in [5.74, 6) is -0.817. The van der Waals surface area contributed by atoms with Crippen molar-refractivity contribution in [1.29, 1.82) is 0 Å². The molecule has 1 amide bonds. The summed E-state index contributed by atoms with van der Waals surface area (Å²) in [5.41, 5.74) is 3.63. The standard InChI is InChI=1S/C28H25N3O3S/c1-28(2)33-16-20(34-28)14-30-27(32)24-15-29-17-31(24)19-8-5-7-18(13-19)21-10-6-11-23-22-9-3-4-12-25(22)35-26(21)23/h3-13,15,17,20H,14,16H2,1-2H3,(H,30,32)/t20-/m0/s1. The quantitative estimate of drug-likeness (QED) is 0.344. The number of thiophene rings is 1. The molecule has 7 heteroatoms. The van der Waals surface area contributed by atoms with Crippen molar-refractivity contribution in [2.45, 2.75) is 25.7 Å². The molecular weight excluding hydrogens is 458 g/mol. The van der Waals surface area contributed by atoms with Crippen molar-refractivity contribution in [2.24, 2.45) is 0 Å². The Bertz CT molecular complexity index is 1550. The van der Waals surface area contributed by atoms with Gasteiger partial charge in [0, 0.05) is 32.4 Å². The molecule has 5 aromatic rings. The van der Waals surface area contributed by atoms with Gasteiger partial charge in [0.15, 0.2) is 5.79 Å². The molecule has 1 fully saturated rings. The predicted molar refractivity (Wildman–Crippen MR) is 139 cm³/mol. The first-order chi connectivity index (χ1) is 17.0. The second-order valence-corrected chi connectivity index (χ2v) is 10.2. The molecule has 1 saturated heterocycles. The van der Waals surface area contributed by atoms with Gasteiger partial charge in [-0.15, -0.1) is 11.3 Å². The summed E-state index contributed by atoms with van der Waals surface area (Å²) in [6.45, 7) is 4.58. The highest BCUT2D eigenvalue weighted by Gasteiger charge is 2.32. The number of nitrogens with zero attached hydrogens (tertiary/aromatic N) is 2. The van der Waals surface area contributed by atoms with Crippen LogP contribution in [0.3, 0.4) is 0 Å². The van der Waals surface area contributed by atoms with Crippen molar-refractivity contribution < 1.29 is 14.3 Å². The third-order valence-electron chi connectivity index (χ3n) is 6.27. The van der Waals surface area contributed by atoms with E-state index in [-0.39, 0.29) is 12.0 Å². The zero-order valence-corrected chi connectivity index (χ0v) is 20.3. The van der Waals surface area contributed by atoms with Gasteiger partial charge >= 0.3 is 0 Å². The Morgan fingerprint density at radius 3 is 2.80 bits per heavy atom. The Morgan fingerprint density at radius 1 is 1.11 bits per heavy atom. The van der Waals surface area contributed by atoms with E-state index < -0.39 is 5.79 Å². The molecule has 3 aromatic carbocycles. The van der Waals surface area contributed by atoms with E-state index in [1.54, 1.807) is 12.5 Å². The average Bonchev–Trinajstić information content (AvgIpc) is 3.59. The number of imidazole rings is 1.